The SMILES string of the molecule is CCN1CCC(CNC(=NC)NCC(c2ccc(OC)cc2)N2CCOCC2)C1. The first-order valence-electron chi connectivity index (χ1n) is 10.9. The van der Waals surface area contributed by atoms with Crippen molar-refractivity contribution in [2.75, 3.05) is 73.2 Å². The summed E-state index contributed by atoms with van der Waals surface area (Å²) in [7, 11) is 3.55. The van der Waals surface area contributed by atoms with Gasteiger partial charge in [-0.1, -0.05) is 19.1 Å². The summed E-state index contributed by atoms with van der Waals surface area (Å²) in [4.78, 5) is 9.45. The van der Waals surface area contributed by atoms with Gasteiger partial charge in [-0.15, -0.1) is 0 Å². The fraction of sp³-hybridized carbons (Fsp3) is 0.682. The van der Waals surface area contributed by atoms with E-state index in [0.29, 0.717) is 5.92 Å². The number of hydrogen-bond acceptors (Lipinski definition) is 5. The predicted octanol–water partition coefficient (Wildman–Crippen LogP) is 1.58. The van der Waals surface area contributed by atoms with E-state index in [0.717, 1.165) is 57.6 Å². The van der Waals surface area contributed by atoms with E-state index in [9.17, 15) is 0 Å². The lowest BCUT2D eigenvalue weighted by Gasteiger charge is -2.35. The van der Waals surface area contributed by atoms with Crippen LogP contribution in [-0.4, -0.2) is 88.9 Å². The summed E-state index contributed by atoms with van der Waals surface area (Å²) in [6.45, 7) is 11.0. The maximum atomic E-state index is 5.56. The number of likely N-dealkylation sites (tertiary alicyclic amines) is 1. The number of benzene rings is 1. The zero-order chi connectivity index (χ0) is 20.5. The molecule has 2 aliphatic rings. The van der Waals surface area contributed by atoms with Crippen LogP contribution >= 0.6 is 0 Å². The van der Waals surface area contributed by atoms with Crippen molar-refractivity contribution in [2.24, 2.45) is 10.9 Å². The van der Waals surface area contributed by atoms with Gasteiger partial charge in [0.2, 0.25) is 0 Å². The van der Waals surface area contributed by atoms with Gasteiger partial charge in [-0.25, -0.2) is 0 Å². The summed E-state index contributed by atoms with van der Waals surface area (Å²) in [5, 5.41) is 7.09. The summed E-state index contributed by atoms with van der Waals surface area (Å²) in [6.07, 6.45) is 1.26. The Hall–Kier alpha value is -1.83. The maximum absolute atomic E-state index is 5.56. The van der Waals surface area contributed by atoms with Crippen LogP contribution in [-0.2, 0) is 4.74 Å². The molecular weight excluding hydrogens is 366 g/mol. The average molecular weight is 404 g/mol. The molecule has 2 atom stereocenters. The molecule has 1 aromatic rings. The lowest BCUT2D eigenvalue weighted by atomic mass is 10.0. The number of guanidine groups is 1. The fourth-order valence-corrected chi connectivity index (χ4v) is 4.19. The second-order valence-corrected chi connectivity index (χ2v) is 7.82. The molecule has 0 aliphatic carbocycles. The number of rotatable bonds is 8. The summed E-state index contributed by atoms with van der Waals surface area (Å²) < 4.78 is 10.9. The first-order chi connectivity index (χ1) is 14.2. The molecule has 0 aromatic heterocycles. The smallest absolute Gasteiger partial charge is 0.191 e. The van der Waals surface area contributed by atoms with Crippen LogP contribution in [0.5, 0.6) is 5.75 Å². The third kappa shape index (κ3) is 6.32. The van der Waals surface area contributed by atoms with Gasteiger partial charge < -0.3 is 25.0 Å². The Labute approximate surface area is 175 Å². The van der Waals surface area contributed by atoms with Gasteiger partial charge >= 0.3 is 0 Å². The first-order valence-corrected chi connectivity index (χ1v) is 10.9. The topological polar surface area (TPSA) is 61.4 Å². The minimum atomic E-state index is 0.269. The Morgan fingerprint density at radius 3 is 2.59 bits per heavy atom. The van der Waals surface area contributed by atoms with Crippen LogP contribution < -0.4 is 15.4 Å². The molecule has 0 radical (unpaired) electrons. The highest BCUT2D eigenvalue weighted by Crippen LogP contribution is 2.23. The molecule has 7 nitrogen and oxygen atoms in total. The quantitative estimate of drug-likeness (QED) is 0.508. The van der Waals surface area contributed by atoms with Crippen molar-refractivity contribution in [1.29, 1.82) is 0 Å². The highest BCUT2D eigenvalue weighted by Gasteiger charge is 2.24. The number of nitrogens with one attached hydrogen (secondary N) is 2. The van der Waals surface area contributed by atoms with E-state index >= 15 is 0 Å². The fourth-order valence-electron chi connectivity index (χ4n) is 4.19. The van der Waals surface area contributed by atoms with Gasteiger partial charge in [-0.05, 0) is 43.1 Å². The standard InChI is InChI=1S/C22H37N5O2/c1-4-26-10-9-18(17-26)15-24-22(23-2)25-16-21(27-11-13-29-14-12-27)19-5-7-20(28-3)8-6-19/h5-8,18,21H,4,9-17H2,1-3H3,(H2,23,24,25). The molecule has 0 amide bonds. The molecule has 2 fully saturated rings. The summed E-state index contributed by atoms with van der Waals surface area (Å²) in [5.41, 5.74) is 1.28. The van der Waals surface area contributed by atoms with Crippen molar-refractivity contribution < 1.29 is 9.47 Å². The van der Waals surface area contributed by atoms with Crippen LogP contribution in [0, 0.1) is 5.92 Å². The van der Waals surface area contributed by atoms with E-state index in [1.165, 1.54) is 25.1 Å². The molecule has 0 saturated carbocycles. The second-order valence-electron chi connectivity index (χ2n) is 7.82. The van der Waals surface area contributed by atoms with E-state index < -0.39 is 0 Å². The van der Waals surface area contributed by atoms with Gasteiger partial charge in [0.15, 0.2) is 5.96 Å². The molecule has 3 rings (SSSR count). The average Bonchev–Trinajstić information content (AvgIpc) is 3.25. The highest BCUT2D eigenvalue weighted by molar-refractivity contribution is 5.79. The molecule has 29 heavy (non-hydrogen) atoms. The second kappa shape index (κ2) is 11.4. The molecule has 2 saturated heterocycles. The largest absolute Gasteiger partial charge is 0.497 e. The van der Waals surface area contributed by atoms with Crippen LogP contribution in [0.4, 0.5) is 0 Å². The number of hydrogen-bond donors (Lipinski definition) is 2. The Bertz CT molecular complexity index is 631. The molecule has 1 aromatic carbocycles. The number of morpholine rings is 1. The van der Waals surface area contributed by atoms with Crippen LogP contribution in [0.3, 0.4) is 0 Å². The Kier molecular flexibility index (Phi) is 8.58. The van der Waals surface area contributed by atoms with E-state index in [-0.39, 0.29) is 6.04 Å². The molecule has 162 valence electrons. The van der Waals surface area contributed by atoms with Gasteiger partial charge in [0, 0.05) is 39.8 Å². The number of nitrogens with zero attached hydrogens (tertiary/aromatic N) is 3. The van der Waals surface area contributed by atoms with Crippen molar-refractivity contribution in [3.8, 4) is 5.75 Å². The Morgan fingerprint density at radius 2 is 1.97 bits per heavy atom. The van der Waals surface area contributed by atoms with Gasteiger partial charge in [0.25, 0.3) is 0 Å². The molecule has 0 spiro atoms. The number of methoxy groups -OCH3 is 1. The van der Waals surface area contributed by atoms with Gasteiger partial charge in [-0.3, -0.25) is 9.89 Å². The number of aliphatic imine (C=N–C) groups is 1. The molecule has 2 aliphatic heterocycles. The molecular formula is C22H37N5O2. The van der Waals surface area contributed by atoms with Crippen molar-refractivity contribution in [1.82, 2.24) is 20.4 Å². The minimum absolute atomic E-state index is 0.269. The molecule has 2 heterocycles. The van der Waals surface area contributed by atoms with Crippen LogP contribution in [0.15, 0.2) is 29.3 Å². The van der Waals surface area contributed by atoms with Crippen molar-refractivity contribution in [3.63, 3.8) is 0 Å². The molecule has 2 N–H and O–H groups in total. The maximum Gasteiger partial charge on any atom is 0.191 e. The number of ether oxygens (including phenoxy) is 2. The van der Waals surface area contributed by atoms with Crippen LogP contribution in [0.2, 0.25) is 0 Å². The Morgan fingerprint density at radius 1 is 1.21 bits per heavy atom. The molecule has 7 heteroatoms. The zero-order valence-electron chi connectivity index (χ0n) is 18.2. The Balaban J connectivity index is 1.57. The van der Waals surface area contributed by atoms with Crippen molar-refractivity contribution >= 4 is 5.96 Å². The van der Waals surface area contributed by atoms with E-state index in [1.54, 1.807) is 7.11 Å². The highest BCUT2D eigenvalue weighted by atomic mass is 16.5. The van der Waals surface area contributed by atoms with E-state index in [4.69, 9.17) is 9.47 Å². The third-order valence-corrected chi connectivity index (χ3v) is 6.05. The first kappa shape index (κ1) is 21.9. The van der Waals surface area contributed by atoms with Crippen LogP contribution in [0.25, 0.3) is 0 Å². The lowest BCUT2D eigenvalue weighted by Crippen LogP contribution is -2.47. The van der Waals surface area contributed by atoms with E-state index in [2.05, 4.69) is 44.5 Å². The zero-order valence-corrected chi connectivity index (χ0v) is 18.2. The van der Waals surface area contributed by atoms with Gasteiger partial charge in [-0.2, -0.15) is 0 Å². The summed E-state index contributed by atoms with van der Waals surface area (Å²) >= 11 is 0. The predicted molar refractivity (Wildman–Crippen MR) is 118 cm³/mol. The summed E-state index contributed by atoms with van der Waals surface area (Å²) in [5.74, 6) is 2.47. The van der Waals surface area contributed by atoms with Crippen molar-refractivity contribution in [3.05, 3.63) is 29.8 Å². The summed E-state index contributed by atoms with van der Waals surface area (Å²) in [6, 6.07) is 8.67. The minimum Gasteiger partial charge on any atom is -0.497 e. The molecule has 2 unspecified atom stereocenters. The van der Waals surface area contributed by atoms with Gasteiger partial charge in [0.05, 0.1) is 26.4 Å². The van der Waals surface area contributed by atoms with Crippen molar-refractivity contribution in [2.45, 2.75) is 19.4 Å². The molecule has 0 bridgehead atoms. The lowest BCUT2D eigenvalue weighted by molar-refractivity contribution is 0.0170. The normalized spacial score (nSPS) is 22.4. The third-order valence-electron chi connectivity index (χ3n) is 6.05. The van der Waals surface area contributed by atoms with Gasteiger partial charge in [0.1, 0.15) is 5.75 Å². The van der Waals surface area contributed by atoms with Crippen LogP contribution in [0.1, 0.15) is 24.9 Å². The van der Waals surface area contributed by atoms with E-state index in [1.807, 2.05) is 19.2 Å². The monoisotopic (exact) mass is 403 g/mol.